The average Bonchev–Trinajstić information content (AvgIpc) is 3.48. The summed E-state index contributed by atoms with van der Waals surface area (Å²) < 4.78 is 31.4. The number of carbonyl (C=O) groups excluding carboxylic acids is 2. The summed E-state index contributed by atoms with van der Waals surface area (Å²) in [6.07, 6.45) is 5.90. The first kappa shape index (κ1) is 25.4. The SMILES string of the molecule is Cn1ncc2cc(C(N)=O)c(OC3CC4(CC(NC(=O)c5nnc(-c6cccc(S(C)(=O)=O)c6)s5)C4)C3)nc21. The van der Waals surface area contributed by atoms with Crippen LogP contribution < -0.4 is 15.8 Å². The van der Waals surface area contributed by atoms with Crippen LogP contribution in [0.25, 0.3) is 21.6 Å². The van der Waals surface area contributed by atoms with Gasteiger partial charge in [-0.1, -0.05) is 23.5 Å². The normalized spacial score (nSPS) is 22.3. The van der Waals surface area contributed by atoms with E-state index >= 15 is 0 Å². The third-order valence-electron chi connectivity index (χ3n) is 7.36. The second kappa shape index (κ2) is 9.09. The second-order valence-electron chi connectivity index (χ2n) is 10.3. The van der Waals surface area contributed by atoms with E-state index in [0.717, 1.165) is 43.3 Å². The first-order chi connectivity index (χ1) is 18.5. The number of sulfone groups is 1. The van der Waals surface area contributed by atoms with Crippen LogP contribution in [0.3, 0.4) is 0 Å². The number of carbonyl (C=O) groups is 2. The molecule has 4 aromatic rings. The smallest absolute Gasteiger partial charge is 0.282 e. The summed E-state index contributed by atoms with van der Waals surface area (Å²) in [5.74, 6) is -0.687. The van der Waals surface area contributed by atoms with Crippen LogP contribution in [0.1, 0.15) is 45.8 Å². The first-order valence-electron chi connectivity index (χ1n) is 12.2. The number of fused-ring (bicyclic) bond motifs is 1. The molecule has 3 heterocycles. The van der Waals surface area contributed by atoms with E-state index in [2.05, 4.69) is 25.6 Å². The zero-order valence-electron chi connectivity index (χ0n) is 21.1. The zero-order chi connectivity index (χ0) is 27.5. The fourth-order valence-corrected chi connectivity index (χ4v) is 6.84. The Hall–Kier alpha value is -3.91. The Balaban J connectivity index is 1.04. The van der Waals surface area contributed by atoms with Crippen molar-refractivity contribution < 1.29 is 22.7 Å². The minimum atomic E-state index is -3.36. The molecule has 2 saturated carbocycles. The number of primary amides is 1. The second-order valence-corrected chi connectivity index (χ2v) is 13.3. The molecule has 202 valence electrons. The Labute approximate surface area is 227 Å². The van der Waals surface area contributed by atoms with Gasteiger partial charge in [0.05, 0.1) is 11.1 Å². The Morgan fingerprint density at radius 1 is 1.18 bits per heavy atom. The van der Waals surface area contributed by atoms with Gasteiger partial charge in [-0.15, -0.1) is 10.2 Å². The van der Waals surface area contributed by atoms with Crippen LogP contribution in [-0.4, -0.2) is 63.6 Å². The highest BCUT2D eigenvalue weighted by Crippen LogP contribution is 2.57. The summed E-state index contributed by atoms with van der Waals surface area (Å²) in [5, 5.41) is 16.7. The number of aromatic nitrogens is 5. The molecule has 2 aliphatic carbocycles. The predicted molar refractivity (Wildman–Crippen MR) is 142 cm³/mol. The van der Waals surface area contributed by atoms with E-state index in [1.165, 1.54) is 12.1 Å². The molecular weight excluding hydrogens is 542 g/mol. The number of nitrogens with two attached hydrogens (primary N) is 1. The molecule has 0 radical (unpaired) electrons. The van der Waals surface area contributed by atoms with Crippen LogP contribution in [0, 0.1) is 5.41 Å². The van der Waals surface area contributed by atoms with Crippen LogP contribution in [0.4, 0.5) is 0 Å². The number of hydrogen-bond acceptors (Lipinski definition) is 10. The van der Waals surface area contributed by atoms with Crippen molar-refractivity contribution in [1.29, 1.82) is 0 Å². The highest BCUT2D eigenvalue weighted by atomic mass is 32.2. The van der Waals surface area contributed by atoms with E-state index in [0.29, 0.717) is 21.6 Å². The Bertz CT molecular complexity index is 1730. The minimum absolute atomic E-state index is 0.0180. The Morgan fingerprint density at radius 2 is 1.95 bits per heavy atom. The van der Waals surface area contributed by atoms with Crippen molar-refractivity contribution in [2.24, 2.45) is 18.2 Å². The van der Waals surface area contributed by atoms with Crippen LogP contribution >= 0.6 is 11.3 Å². The highest BCUT2D eigenvalue weighted by Gasteiger charge is 2.54. The lowest BCUT2D eigenvalue weighted by Crippen LogP contribution is -2.58. The fraction of sp³-hybridized carbons (Fsp3) is 0.360. The number of nitrogens with one attached hydrogen (secondary N) is 1. The minimum Gasteiger partial charge on any atom is -0.474 e. The summed E-state index contributed by atoms with van der Waals surface area (Å²) in [7, 11) is -1.59. The largest absolute Gasteiger partial charge is 0.474 e. The van der Waals surface area contributed by atoms with Crippen LogP contribution in [0.5, 0.6) is 5.88 Å². The van der Waals surface area contributed by atoms with Gasteiger partial charge in [0.2, 0.25) is 10.9 Å². The maximum absolute atomic E-state index is 12.8. The monoisotopic (exact) mass is 567 g/mol. The lowest BCUT2D eigenvalue weighted by molar-refractivity contribution is -0.0847. The van der Waals surface area contributed by atoms with Crippen molar-refractivity contribution in [2.45, 2.75) is 42.7 Å². The molecule has 0 unspecified atom stereocenters. The number of ether oxygens (including phenoxy) is 1. The van der Waals surface area contributed by atoms with E-state index in [1.54, 1.807) is 36.1 Å². The third-order valence-corrected chi connectivity index (χ3v) is 9.44. The van der Waals surface area contributed by atoms with Crippen molar-refractivity contribution in [3.63, 3.8) is 0 Å². The number of pyridine rings is 1. The molecule has 1 spiro atoms. The molecule has 3 N–H and O–H groups in total. The quantitative estimate of drug-likeness (QED) is 0.339. The van der Waals surface area contributed by atoms with Gasteiger partial charge in [0.15, 0.2) is 15.5 Å². The van der Waals surface area contributed by atoms with Gasteiger partial charge in [-0.3, -0.25) is 14.3 Å². The number of aryl methyl sites for hydroxylation is 1. The van der Waals surface area contributed by atoms with Gasteiger partial charge in [0.1, 0.15) is 16.7 Å². The Kier molecular flexibility index (Phi) is 5.91. The standard InChI is InChI=1S/C25H25N7O5S2/c1-32-20-14(12-27-32)7-18(19(26)33)22(29-20)37-16-10-25(11-16)8-15(9-25)28-21(34)24-31-30-23(38-24)13-4-3-5-17(6-13)39(2,35)36/h3-7,12,15-16H,8-11H2,1-2H3,(H2,26,33)(H,28,34). The Morgan fingerprint density at radius 3 is 2.67 bits per heavy atom. The van der Waals surface area contributed by atoms with Gasteiger partial charge in [-0.05, 0) is 49.3 Å². The van der Waals surface area contributed by atoms with Gasteiger partial charge in [-0.25, -0.2) is 8.42 Å². The average molecular weight is 568 g/mol. The predicted octanol–water partition coefficient (Wildman–Crippen LogP) is 2.11. The molecular formula is C25H25N7O5S2. The molecule has 0 aliphatic heterocycles. The molecule has 6 rings (SSSR count). The molecule has 39 heavy (non-hydrogen) atoms. The van der Waals surface area contributed by atoms with Crippen LogP contribution in [0.15, 0.2) is 41.4 Å². The molecule has 12 nitrogen and oxygen atoms in total. The molecule has 0 bridgehead atoms. The van der Waals surface area contributed by atoms with Crippen molar-refractivity contribution in [2.75, 3.05) is 6.26 Å². The van der Waals surface area contributed by atoms with Gasteiger partial charge in [-0.2, -0.15) is 10.1 Å². The maximum atomic E-state index is 12.8. The van der Waals surface area contributed by atoms with Crippen LogP contribution in [-0.2, 0) is 16.9 Å². The number of hydrogen-bond donors (Lipinski definition) is 2. The van der Waals surface area contributed by atoms with E-state index in [1.807, 2.05) is 0 Å². The van der Waals surface area contributed by atoms with Crippen molar-refractivity contribution >= 4 is 44.0 Å². The van der Waals surface area contributed by atoms with Crippen molar-refractivity contribution in [1.82, 2.24) is 30.3 Å². The molecule has 2 fully saturated rings. The number of rotatable bonds is 7. The van der Waals surface area contributed by atoms with E-state index < -0.39 is 15.7 Å². The van der Waals surface area contributed by atoms with E-state index in [-0.39, 0.29) is 44.8 Å². The molecule has 0 saturated heterocycles. The number of nitrogens with zero attached hydrogens (tertiary/aromatic N) is 5. The van der Waals surface area contributed by atoms with Gasteiger partial charge >= 0.3 is 0 Å². The molecule has 2 aliphatic rings. The topological polar surface area (TPSA) is 172 Å². The summed E-state index contributed by atoms with van der Waals surface area (Å²) in [6, 6.07) is 8.08. The third kappa shape index (κ3) is 4.74. The zero-order valence-corrected chi connectivity index (χ0v) is 22.8. The van der Waals surface area contributed by atoms with E-state index in [4.69, 9.17) is 10.5 Å². The van der Waals surface area contributed by atoms with Gasteiger partial charge in [0.25, 0.3) is 11.8 Å². The number of benzene rings is 1. The summed E-state index contributed by atoms with van der Waals surface area (Å²) in [4.78, 5) is 29.4. The first-order valence-corrected chi connectivity index (χ1v) is 14.9. The summed E-state index contributed by atoms with van der Waals surface area (Å²) >= 11 is 1.12. The lowest BCUT2D eigenvalue weighted by Gasteiger charge is -2.57. The van der Waals surface area contributed by atoms with Crippen molar-refractivity contribution in [3.8, 4) is 16.5 Å². The number of amides is 2. The molecule has 14 heteroatoms. The lowest BCUT2D eigenvalue weighted by atomic mass is 9.53. The summed E-state index contributed by atoms with van der Waals surface area (Å²) in [6.45, 7) is 0. The fourth-order valence-electron chi connectivity index (χ4n) is 5.43. The highest BCUT2D eigenvalue weighted by molar-refractivity contribution is 7.90. The van der Waals surface area contributed by atoms with Crippen LogP contribution in [0.2, 0.25) is 0 Å². The van der Waals surface area contributed by atoms with E-state index in [9.17, 15) is 18.0 Å². The van der Waals surface area contributed by atoms with Gasteiger partial charge in [0, 0.05) is 30.3 Å². The van der Waals surface area contributed by atoms with Crippen molar-refractivity contribution in [3.05, 3.63) is 47.1 Å². The molecule has 0 atom stereocenters. The molecule has 2 amide bonds. The maximum Gasteiger partial charge on any atom is 0.282 e. The molecule has 1 aromatic carbocycles. The summed E-state index contributed by atoms with van der Waals surface area (Å²) in [5.41, 5.74) is 7.07. The van der Waals surface area contributed by atoms with Gasteiger partial charge < -0.3 is 15.8 Å². The molecule has 3 aromatic heterocycles.